The summed E-state index contributed by atoms with van der Waals surface area (Å²) in [6.45, 7) is 3.37. The van der Waals surface area contributed by atoms with Crippen molar-refractivity contribution in [1.82, 2.24) is 0 Å². The first-order valence-corrected chi connectivity index (χ1v) is 3.91. The Labute approximate surface area is 76.3 Å². The van der Waals surface area contributed by atoms with Crippen LogP contribution in [0, 0.1) is 19.7 Å². The molecule has 0 unspecified atom stereocenters. The van der Waals surface area contributed by atoms with E-state index in [-0.39, 0.29) is 5.82 Å². The molecule has 0 atom stereocenters. The Balaban J connectivity index is 3.28. The predicted molar refractivity (Wildman–Crippen MR) is 47.2 cm³/mol. The van der Waals surface area contributed by atoms with Gasteiger partial charge in [-0.15, -0.1) is 0 Å². The van der Waals surface area contributed by atoms with Gasteiger partial charge in [-0.25, -0.2) is 9.18 Å². The molecule has 0 aliphatic rings. The van der Waals surface area contributed by atoms with Crippen LogP contribution in [0.15, 0.2) is 12.1 Å². The van der Waals surface area contributed by atoms with Crippen LogP contribution in [-0.2, 0) is 4.74 Å². The van der Waals surface area contributed by atoms with Gasteiger partial charge in [0.05, 0.1) is 12.7 Å². The summed E-state index contributed by atoms with van der Waals surface area (Å²) in [4.78, 5) is 11.2. The average Bonchev–Trinajstić information content (AvgIpc) is 2.02. The monoisotopic (exact) mass is 182 g/mol. The zero-order valence-corrected chi connectivity index (χ0v) is 7.85. The molecule has 0 amide bonds. The molecule has 0 radical (unpaired) electrons. The maximum absolute atomic E-state index is 12.8. The second-order valence-electron chi connectivity index (χ2n) is 2.91. The minimum absolute atomic E-state index is 0.331. The minimum atomic E-state index is -0.421. The van der Waals surface area contributed by atoms with Crippen LogP contribution >= 0.6 is 0 Å². The number of methoxy groups -OCH3 is 1. The first-order chi connectivity index (χ1) is 6.06. The number of aryl methyl sites for hydroxylation is 2. The molecule has 0 saturated carbocycles. The average molecular weight is 182 g/mol. The van der Waals surface area contributed by atoms with Gasteiger partial charge in [0.1, 0.15) is 5.82 Å². The lowest BCUT2D eigenvalue weighted by atomic mass is 10.0. The van der Waals surface area contributed by atoms with E-state index in [2.05, 4.69) is 4.74 Å². The van der Waals surface area contributed by atoms with Crippen molar-refractivity contribution in [1.29, 1.82) is 0 Å². The van der Waals surface area contributed by atoms with Gasteiger partial charge < -0.3 is 4.74 Å². The summed E-state index contributed by atoms with van der Waals surface area (Å²) in [6.07, 6.45) is 0. The Morgan fingerprint density at radius 1 is 1.31 bits per heavy atom. The van der Waals surface area contributed by atoms with Crippen molar-refractivity contribution < 1.29 is 13.9 Å². The maximum atomic E-state index is 12.8. The molecule has 0 fully saturated rings. The van der Waals surface area contributed by atoms with Crippen LogP contribution in [0.4, 0.5) is 4.39 Å². The molecule has 0 saturated heterocycles. The lowest BCUT2D eigenvalue weighted by Crippen LogP contribution is -2.06. The van der Waals surface area contributed by atoms with E-state index in [9.17, 15) is 9.18 Å². The highest BCUT2D eigenvalue weighted by atomic mass is 19.1. The van der Waals surface area contributed by atoms with Gasteiger partial charge in [-0.1, -0.05) is 0 Å². The minimum Gasteiger partial charge on any atom is -0.465 e. The van der Waals surface area contributed by atoms with E-state index in [0.717, 1.165) is 0 Å². The number of carbonyl (C=O) groups excluding carboxylic acids is 1. The highest BCUT2D eigenvalue weighted by Gasteiger charge is 2.13. The topological polar surface area (TPSA) is 26.3 Å². The second kappa shape index (κ2) is 3.56. The number of hydrogen-bond donors (Lipinski definition) is 0. The van der Waals surface area contributed by atoms with Gasteiger partial charge >= 0.3 is 5.97 Å². The molecule has 1 rings (SSSR count). The lowest BCUT2D eigenvalue weighted by Gasteiger charge is -2.07. The molecular weight excluding hydrogens is 171 g/mol. The number of hydrogen-bond acceptors (Lipinski definition) is 2. The van der Waals surface area contributed by atoms with E-state index < -0.39 is 5.97 Å². The van der Waals surface area contributed by atoms with E-state index in [0.29, 0.717) is 16.7 Å². The van der Waals surface area contributed by atoms with Crippen LogP contribution in [0.25, 0.3) is 0 Å². The van der Waals surface area contributed by atoms with Gasteiger partial charge in [-0.05, 0) is 37.1 Å². The van der Waals surface area contributed by atoms with Gasteiger partial charge in [0, 0.05) is 0 Å². The van der Waals surface area contributed by atoms with Crippen molar-refractivity contribution in [3.63, 3.8) is 0 Å². The fourth-order valence-corrected chi connectivity index (χ4v) is 1.33. The van der Waals surface area contributed by atoms with Gasteiger partial charge in [0.15, 0.2) is 0 Å². The molecule has 0 aliphatic heterocycles. The van der Waals surface area contributed by atoms with Gasteiger partial charge in [-0.2, -0.15) is 0 Å². The van der Waals surface area contributed by atoms with Crippen LogP contribution in [0.1, 0.15) is 21.5 Å². The van der Waals surface area contributed by atoms with Crippen LogP contribution in [0.5, 0.6) is 0 Å². The zero-order chi connectivity index (χ0) is 10.0. The maximum Gasteiger partial charge on any atom is 0.338 e. The molecule has 0 heterocycles. The molecule has 0 N–H and O–H groups in total. The Bertz CT molecular complexity index is 322. The molecule has 0 spiro atoms. The van der Waals surface area contributed by atoms with Crippen LogP contribution < -0.4 is 0 Å². The first-order valence-electron chi connectivity index (χ1n) is 3.91. The van der Waals surface area contributed by atoms with Crippen molar-refractivity contribution in [3.05, 3.63) is 34.6 Å². The number of carbonyl (C=O) groups is 1. The van der Waals surface area contributed by atoms with Gasteiger partial charge in [0.25, 0.3) is 0 Å². The lowest BCUT2D eigenvalue weighted by molar-refractivity contribution is 0.0599. The van der Waals surface area contributed by atoms with E-state index in [1.54, 1.807) is 13.8 Å². The fourth-order valence-electron chi connectivity index (χ4n) is 1.33. The van der Waals surface area contributed by atoms with Crippen LogP contribution in [0.2, 0.25) is 0 Å². The normalized spacial score (nSPS) is 9.85. The summed E-state index contributed by atoms with van der Waals surface area (Å²) in [7, 11) is 1.31. The molecule has 0 bridgehead atoms. The zero-order valence-electron chi connectivity index (χ0n) is 7.85. The smallest absolute Gasteiger partial charge is 0.338 e. The SMILES string of the molecule is COC(=O)c1c(C)cc(F)cc1C. The number of rotatable bonds is 1. The first kappa shape index (κ1) is 9.71. The third kappa shape index (κ3) is 1.86. The quantitative estimate of drug-likeness (QED) is 0.622. The molecule has 3 heteroatoms. The largest absolute Gasteiger partial charge is 0.465 e. The summed E-state index contributed by atoms with van der Waals surface area (Å²) < 4.78 is 17.4. The molecule has 1 aromatic carbocycles. The van der Waals surface area contributed by atoms with Crippen molar-refractivity contribution in [2.75, 3.05) is 7.11 Å². The Morgan fingerprint density at radius 2 is 1.77 bits per heavy atom. The molecule has 0 aromatic heterocycles. The molecule has 2 nitrogen and oxygen atoms in total. The van der Waals surface area contributed by atoms with Crippen LogP contribution in [-0.4, -0.2) is 13.1 Å². The number of halogens is 1. The van der Waals surface area contributed by atoms with E-state index in [4.69, 9.17) is 0 Å². The van der Waals surface area contributed by atoms with Crippen molar-refractivity contribution >= 4 is 5.97 Å². The third-order valence-corrected chi connectivity index (χ3v) is 1.89. The molecule has 1 aromatic rings. The van der Waals surface area contributed by atoms with Gasteiger partial charge in [-0.3, -0.25) is 0 Å². The highest BCUT2D eigenvalue weighted by Crippen LogP contribution is 2.16. The molecular formula is C10H11FO2. The third-order valence-electron chi connectivity index (χ3n) is 1.89. The van der Waals surface area contributed by atoms with Crippen LogP contribution in [0.3, 0.4) is 0 Å². The standard InChI is InChI=1S/C10H11FO2/c1-6-4-8(11)5-7(2)9(6)10(12)13-3/h4-5H,1-3H3. The Hall–Kier alpha value is -1.38. The van der Waals surface area contributed by atoms with Crippen molar-refractivity contribution in [3.8, 4) is 0 Å². The molecule has 0 aliphatic carbocycles. The molecule has 70 valence electrons. The fraction of sp³-hybridized carbons (Fsp3) is 0.300. The number of esters is 1. The van der Waals surface area contributed by atoms with E-state index >= 15 is 0 Å². The number of benzene rings is 1. The van der Waals surface area contributed by atoms with Crippen molar-refractivity contribution in [2.45, 2.75) is 13.8 Å². The highest BCUT2D eigenvalue weighted by molar-refractivity contribution is 5.92. The van der Waals surface area contributed by atoms with Crippen molar-refractivity contribution in [2.24, 2.45) is 0 Å². The summed E-state index contributed by atoms with van der Waals surface area (Å²) >= 11 is 0. The van der Waals surface area contributed by atoms with E-state index in [1.807, 2.05) is 0 Å². The molecule has 13 heavy (non-hydrogen) atoms. The summed E-state index contributed by atoms with van der Waals surface area (Å²) in [5, 5.41) is 0. The summed E-state index contributed by atoms with van der Waals surface area (Å²) in [5.74, 6) is -0.752. The second-order valence-corrected chi connectivity index (χ2v) is 2.91. The van der Waals surface area contributed by atoms with Gasteiger partial charge in [0.2, 0.25) is 0 Å². The predicted octanol–water partition coefficient (Wildman–Crippen LogP) is 2.23. The number of ether oxygens (including phenoxy) is 1. The summed E-state index contributed by atoms with van der Waals surface area (Å²) in [6, 6.07) is 2.64. The summed E-state index contributed by atoms with van der Waals surface area (Å²) in [5.41, 5.74) is 1.65. The Kier molecular flexibility index (Phi) is 2.66. The Morgan fingerprint density at radius 3 is 2.15 bits per heavy atom. The van der Waals surface area contributed by atoms with E-state index in [1.165, 1.54) is 19.2 Å².